The number of aryl methyl sites for hydroxylation is 1. The molecule has 0 aliphatic carbocycles. The van der Waals surface area contributed by atoms with Crippen LogP contribution in [-0.4, -0.2) is 6.54 Å². The Balaban J connectivity index is 2.83. The van der Waals surface area contributed by atoms with Crippen LogP contribution in [-0.2, 0) is 6.42 Å². The summed E-state index contributed by atoms with van der Waals surface area (Å²) in [6.07, 6.45) is 1.03. The molecule has 0 unspecified atom stereocenters. The van der Waals surface area contributed by atoms with E-state index < -0.39 is 0 Å². The standard InChI is InChI=1S/C8H13NS/c1-6-5-10-8(3-4-9)7(6)2/h5H,3-4,9H2,1-2H3. The lowest BCUT2D eigenvalue weighted by Crippen LogP contribution is -2.01. The quantitative estimate of drug-likeness (QED) is 0.693. The second-order valence-corrected chi connectivity index (χ2v) is 3.47. The van der Waals surface area contributed by atoms with Crippen LogP contribution in [0.2, 0.25) is 0 Å². The lowest BCUT2D eigenvalue weighted by atomic mass is 10.1. The first-order valence-corrected chi connectivity index (χ1v) is 4.37. The Hall–Kier alpha value is -0.340. The van der Waals surface area contributed by atoms with Gasteiger partial charge in [0.15, 0.2) is 0 Å². The molecule has 10 heavy (non-hydrogen) atoms. The van der Waals surface area contributed by atoms with Gasteiger partial charge in [0.05, 0.1) is 0 Å². The summed E-state index contributed by atoms with van der Waals surface area (Å²) in [5.41, 5.74) is 8.27. The molecule has 2 N–H and O–H groups in total. The molecule has 1 heterocycles. The summed E-state index contributed by atoms with van der Waals surface area (Å²) in [5.74, 6) is 0. The fourth-order valence-electron chi connectivity index (χ4n) is 0.934. The molecule has 1 aromatic heterocycles. The first-order valence-electron chi connectivity index (χ1n) is 3.49. The molecule has 0 saturated heterocycles. The smallest absolute Gasteiger partial charge is 0.00896 e. The summed E-state index contributed by atoms with van der Waals surface area (Å²) in [6, 6.07) is 0. The highest BCUT2D eigenvalue weighted by molar-refractivity contribution is 7.10. The van der Waals surface area contributed by atoms with Crippen LogP contribution in [0.4, 0.5) is 0 Å². The molecule has 0 aliphatic heterocycles. The van der Waals surface area contributed by atoms with Crippen LogP contribution in [0.5, 0.6) is 0 Å². The van der Waals surface area contributed by atoms with Crippen molar-refractivity contribution >= 4 is 11.3 Å². The van der Waals surface area contributed by atoms with E-state index in [1.165, 1.54) is 16.0 Å². The fourth-order valence-corrected chi connectivity index (χ4v) is 2.00. The van der Waals surface area contributed by atoms with Gasteiger partial charge in [0.25, 0.3) is 0 Å². The van der Waals surface area contributed by atoms with Gasteiger partial charge < -0.3 is 5.73 Å². The molecule has 56 valence electrons. The van der Waals surface area contributed by atoms with E-state index in [0.29, 0.717) is 0 Å². The Morgan fingerprint density at radius 1 is 1.50 bits per heavy atom. The van der Waals surface area contributed by atoms with Crippen molar-refractivity contribution in [3.05, 3.63) is 21.4 Å². The summed E-state index contributed by atoms with van der Waals surface area (Å²) in [5, 5.41) is 2.19. The molecule has 0 saturated carbocycles. The second-order valence-electron chi connectivity index (χ2n) is 2.51. The van der Waals surface area contributed by atoms with Crippen molar-refractivity contribution in [2.45, 2.75) is 20.3 Å². The molecule has 1 nitrogen and oxygen atoms in total. The van der Waals surface area contributed by atoms with Crippen LogP contribution in [0.1, 0.15) is 16.0 Å². The highest BCUT2D eigenvalue weighted by Gasteiger charge is 2.01. The third-order valence-corrected chi connectivity index (χ3v) is 3.03. The minimum Gasteiger partial charge on any atom is -0.330 e. The normalized spacial score (nSPS) is 10.3. The predicted molar refractivity (Wildman–Crippen MR) is 46.6 cm³/mol. The van der Waals surface area contributed by atoms with E-state index >= 15 is 0 Å². The molecule has 0 radical (unpaired) electrons. The largest absolute Gasteiger partial charge is 0.330 e. The molecular formula is C8H13NS. The highest BCUT2D eigenvalue weighted by Crippen LogP contribution is 2.20. The van der Waals surface area contributed by atoms with Crippen molar-refractivity contribution < 1.29 is 0 Å². The zero-order chi connectivity index (χ0) is 7.56. The number of nitrogens with two attached hydrogens (primary N) is 1. The zero-order valence-electron chi connectivity index (χ0n) is 6.48. The number of hydrogen-bond acceptors (Lipinski definition) is 2. The van der Waals surface area contributed by atoms with Crippen LogP contribution in [0, 0.1) is 13.8 Å². The monoisotopic (exact) mass is 155 g/mol. The molecule has 1 rings (SSSR count). The second kappa shape index (κ2) is 3.17. The van der Waals surface area contributed by atoms with Crippen molar-refractivity contribution in [3.8, 4) is 0 Å². The number of thiophene rings is 1. The molecule has 0 bridgehead atoms. The Morgan fingerprint density at radius 2 is 2.20 bits per heavy atom. The van der Waals surface area contributed by atoms with Crippen molar-refractivity contribution in [1.82, 2.24) is 0 Å². The molecular weight excluding hydrogens is 142 g/mol. The molecule has 2 heteroatoms. The first kappa shape index (κ1) is 7.76. The van der Waals surface area contributed by atoms with Crippen molar-refractivity contribution in [1.29, 1.82) is 0 Å². The van der Waals surface area contributed by atoms with E-state index in [2.05, 4.69) is 19.2 Å². The summed E-state index contributed by atoms with van der Waals surface area (Å²) in [4.78, 5) is 1.44. The molecule has 1 aromatic rings. The minimum absolute atomic E-state index is 0.765. The van der Waals surface area contributed by atoms with E-state index in [9.17, 15) is 0 Å². The Labute approximate surface area is 65.9 Å². The average Bonchev–Trinajstić information content (AvgIpc) is 2.20. The lowest BCUT2D eigenvalue weighted by Gasteiger charge is -1.94. The number of hydrogen-bond donors (Lipinski definition) is 1. The van der Waals surface area contributed by atoms with Crippen molar-refractivity contribution in [3.63, 3.8) is 0 Å². The molecule has 0 fully saturated rings. The van der Waals surface area contributed by atoms with Gasteiger partial charge in [-0.25, -0.2) is 0 Å². The summed E-state index contributed by atoms with van der Waals surface area (Å²) in [6.45, 7) is 5.07. The lowest BCUT2D eigenvalue weighted by molar-refractivity contribution is 0.978. The van der Waals surface area contributed by atoms with Gasteiger partial charge >= 0.3 is 0 Å². The van der Waals surface area contributed by atoms with Crippen LogP contribution in [0.25, 0.3) is 0 Å². The van der Waals surface area contributed by atoms with Crippen LogP contribution in [0.15, 0.2) is 5.38 Å². The minimum atomic E-state index is 0.765. The van der Waals surface area contributed by atoms with E-state index in [0.717, 1.165) is 13.0 Å². The predicted octanol–water partition coefficient (Wildman–Crippen LogP) is 1.87. The summed E-state index contributed by atoms with van der Waals surface area (Å²) in [7, 11) is 0. The van der Waals surface area contributed by atoms with Gasteiger partial charge in [-0.05, 0) is 43.3 Å². The van der Waals surface area contributed by atoms with Gasteiger partial charge in [0, 0.05) is 4.88 Å². The van der Waals surface area contributed by atoms with Crippen LogP contribution >= 0.6 is 11.3 Å². The maximum Gasteiger partial charge on any atom is 0.00896 e. The highest BCUT2D eigenvalue weighted by atomic mass is 32.1. The first-order chi connectivity index (χ1) is 4.75. The molecule has 0 amide bonds. The third-order valence-electron chi connectivity index (χ3n) is 1.76. The maximum absolute atomic E-state index is 5.45. The Kier molecular flexibility index (Phi) is 2.46. The molecule has 0 aromatic carbocycles. The van der Waals surface area contributed by atoms with Crippen molar-refractivity contribution in [2.75, 3.05) is 6.54 Å². The van der Waals surface area contributed by atoms with Gasteiger partial charge in [-0.15, -0.1) is 11.3 Å². The summed E-state index contributed by atoms with van der Waals surface area (Å²) >= 11 is 1.82. The van der Waals surface area contributed by atoms with Gasteiger partial charge in [0.1, 0.15) is 0 Å². The van der Waals surface area contributed by atoms with E-state index in [1.54, 1.807) is 0 Å². The molecule has 0 atom stereocenters. The van der Waals surface area contributed by atoms with Gasteiger partial charge in [-0.2, -0.15) is 0 Å². The maximum atomic E-state index is 5.45. The topological polar surface area (TPSA) is 26.0 Å². The van der Waals surface area contributed by atoms with Crippen molar-refractivity contribution in [2.24, 2.45) is 5.73 Å². The van der Waals surface area contributed by atoms with E-state index in [1.807, 2.05) is 11.3 Å². The Morgan fingerprint density at radius 3 is 2.60 bits per heavy atom. The number of rotatable bonds is 2. The Bertz CT molecular complexity index is 215. The summed E-state index contributed by atoms with van der Waals surface area (Å²) < 4.78 is 0. The SMILES string of the molecule is Cc1csc(CCN)c1C. The fraction of sp³-hybridized carbons (Fsp3) is 0.500. The van der Waals surface area contributed by atoms with Gasteiger partial charge in [-0.3, -0.25) is 0 Å². The molecule has 0 aliphatic rings. The van der Waals surface area contributed by atoms with Crippen LogP contribution < -0.4 is 5.73 Å². The average molecular weight is 155 g/mol. The zero-order valence-corrected chi connectivity index (χ0v) is 7.29. The van der Waals surface area contributed by atoms with Gasteiger partial charge in [0.2, 0.25) is 0 Å². The van der Waals surface area contributed by atoms with Crippen LogP contribution in [0.3, 0.4) is 0 Å². The third kappa shape index (κ3) is 1.39. The van der Waals surface area contributed by atoms with Gasteiger partial charge in [-0.1, -0.05) is 0 Å². The molecule has 0 spiro atoms. The van der Waals surface area contributed by atoms with E-state index in [-0.39, 0.29) is 0 Å². The van der Waals surface area contributed by atoms with E-state index in [4.69, 9.17) is 5.73 Å².